The number of aromatic nitrogens is 2. The first-order valence-corrected chi connectivity index (χ1v) is 9.23. The molecule has 5 nitrogen and oxygen atoms in total. The van der Waals surface area contributed by atoms with Gasteiger partial charge in [-0.05, 0) is 37.0 Å². The molecule has 0 spiro atoms. The van der Waals surface area contributed by atoms with Crippen molar-refractivity contribution in [2.45, 2.75) is 20.3 Å². The Bertz CT molecular complexity index is 919. The first-order valence-electron chi connectivity index (χ1n) is 7.64. The largest absolute Gasteiger partial charge is 0.378 e. The number of hydrogen-bond acceptors (Lipinski definition) is 6. The molecule has 3 aromatic rings. The molecule has 0 saturated carbocycles. The fourth-order valence-corrected chi connectivity index (χ4v) is 4.15. The van der Waals surface area contributed by atoms with Crippen LogP contribution < -0.4 is 10.6 Å². The number of carbonyl (C=O) groups excluding carboxylic acids is 1. The van der Waals surface area contributed by atoms with Crippen molar-refractivity contribution in [1.29, 1.82) is 0 Å². The number of amides is 1. The molecule has 0 atom stereocenters. The standard InChI is InChI=1S/C17H17FN4OS2/c1-9-13(8-11-6-4-5-7-12(11)18)24-17(20-9)21-15(23)14-10(2)22-25-16(14)19-3/h4-7,19H,8H2,1-3H3,(H,20,21,23). The number of anilines is 2. The molecule has 0 aliphatic heterocycles. The van der Waals surface area contributed by atoms with Gasteiger partial charge >= 0.3 is 0 Å². The summed E-state index contributed by atoms with van der Waals surface area (Å²) in [4.78, 5) is 17.9. The van der Waals surface area contributed by atoms with Gasteiger partial charge in [-0.25, -0.2) is 9.37 Å². The van der Waals surface area contributed by atoms with Crippen LogP contribution in [0.5, 0.6) is 0 Å². The van der Waals surface area contributed by atoms with Crippen LogP contribution in [0.4, 0.5) is 14.5 Å². The number of halogens is 1. The van der Waals surface area contributed by atoms with E-state index >= 15 is 0 Å². The minimum atomic E-state index is -0.248. The first kappa shape index (κ1) is 17.5. The maximum absolute atomic E-state index is 13.8. The van der Waals surface area contributed by atoms with Gasteiger partial charge in [0.05, 0.1) is 17.0 Å². The summed E-state index contributed by atoms with van der Waals surface area (Å²) in [5.41, 5.74) is 2.60. The predicted octanol–water partition coefficient (Wildman–Crippen LogP) is 4.24. The second kappa shape index (κ2) is 7.28. The molecule has 3 rings (SSSR count). The molecule has 130 valence electrons. The van der Waals surface area contributed by atoms with Gasteiger partial charge < -0.3 is 5.32 Å². The summed E-state index contributed by atoms with van der Waals surface area (Å²) in [6.45, 7) is 3.65. The Balaban J connectivity index is 1.80. The lowest BCUT2D eigenvalue weighted by Crippen LogP contribution is -2.13. The molecular formula is C17H17FN4OS2. The molecule has 0 unspecified atom stereocenters. The Hall–Kier alpha value is -2.32. The third kappa shape index (κ3) is 3.69. The van der Waals surface area contributed by atoms with Crippen molar-refractivity contribution in [3.63, 3.8) is 0 Å². The Kier molecular flexibility index (Phi) is 5.10. The SMILES string of the molecule is CNc1snc(C)c1C(=O)Nc1nc(C)c(Cc2ccccc2F)s1. The summed E-state index contributed by atoms with van der Waals surface area (Å²) in [7, 11) is 1.75. The van der Waals surface area contributed by atoms with Gasteiger partial charge in [0.15, 0.2) is 5.13 Å². The zero-order valence-corrected chi connectivity index (χ0v) is 15.6. The second-order valence-corrected chi connectivity index (χ2v) is 7.33. The Morgan fingerprint density at radius 3 is 2.72 bits per heavy atom. The molecule has 2 N–H and O–H groups in total. The van der Waals surface area contributed by atoms with E-state index in [1.807, 2.05) is 13.0 Å². The van der Waals surface area contributed by atoms with Gasteiger partial charge in [-0.1, -0.05) is 18.2 Å². The van der Waals surface area contributed by atoms with Crippen LogP contribution in [-0.4, -0.2) is 22.3 Å². The summed E-state index contributed by atoms with van der Waals surface area (Å²) in [6.07, 6.45) is 0.451. The van der Waals surface area contributed by atoms with Crippen LogP contribution in [0, 0.1) is 19.7 Å². The third-order valence-corrected chi connectivity index (χ3v) is 5.77. The first-order chi connectivity index (χ1) is 12.0. The number of carbonyl (C=O) groups is 1. The van der Waals surface area contributed by atoms with Crippen LogP contribution >= 0.6 is 22.9 Å². The fourth-order valence-electron chi connectivity index (χ4n) is 2.43. The number of hydrogen-bond donors (Lipinski definition) is 2. The van der Waals surface area contributed by atoms with Crippen LogP contribution in [0.1, 0.15) is 32.2 Å². The maximum Gasteiger partial charge on any atom is 0.262 e. The van der Waals surface area contributed by atoms with Crippen molar-refractivity contribution in [2.24, 2.45) is 0 Å². The molecule has 0 fully saturated rings. The highest BCUT2D eigenvalue weighted by atomic mass is 32.1. The molecule has 0 radical (unpaired) electrons. The fraction of sp³-hybridized carbons (Fsp3) is 0.235. The summed E-state index contributed by atoms with van der Waals surface area (Å²) in [5.74, 6) is -0.485. The zero-order chi connectivity index (χ0) is 18.0. The van der Waals surface area contributed by atoms with Crippen LogP contribution in [0.3, 0.4) is 0 Å². The van der Waals surface area contributed by atoms with E-state index in [2.05, 4.69) is 20.0 Å². The van der Waals surface area contributed by atoms with Gasteiger partial charge in [-0.2, -0.15) is 4.37 Å². The Labute approximate surface area is 153 Å². The topological polar surface area (TPSA) is 66.9 Å². The minimum absolute atomic E-state index is 0.237. The van der Waals surface area contributed by atoms with Crippen molar-refractivity contribution >= 4 is 38.9 Å². The quantitative estimate of drug-likeness (QED) is 0.699. The van der Waals surface area contributed by atoms with E-state index in [1.165, 1.54) is 28.9 Å². The van der Waals surface area contributed by atoms with Crippen molar-refractivity contribution < 1.29 is 9.18 Å². The molecule has 0 saturated heterocycles. The van der Waals surface area contributed by atoms with E-state index in [0.29, 0.717) is 28.4 Å². The number of benzene rings is 1. The van der Waals surface area contributed by atoms with Crippen LogP contribution in [-0.2, 0) is 6.42 Å². The molecule has 8 heteroatoms. The average molecular weight is 376 g/mol. The highest BCUT2D eigenvalue weighted by Crippen LogP contribution is 2.29. The molecule has 0 bridgehead atoms. The number of nitrogens with zero attached hydrogens (tertiary/aromatic N) is 2. The summed E-state index contributed by atoms with van der Waals surface area (Å²) < 4.78 is 18.0. The molecule has 2 aromatic heterocycles. The maximum atomic E-state index is 13.8. The number of nitrogens with one attached hydrogen (secondary N) is 2. The average Bonchev–Trinajstić information content (AvgIpc) is 3.12. The van der Waals surface area contributed by atoms with Crippen LogP contribution in [0.25, 0.3) is 0 Å². The number of aryl methyl sites for hydroxylation is 2. The number of rotatable bonds is 5. The van der Waals surface area contributed by atoms with Gasteiger partial charge in [0, 0.05) is 18.3 Å². The summed E-state index contributed by atoms with van der Waals surface area (Å²) in [6, 6.07) is 6.68. The van der Waals surface area contributed by atoms with Crippen molar-refractivity contribution in [3.8, 4) is 0 Å². The molecule has 1 amide bonds. The normalized spacial score (nSPS) is 10.7. The van der Waals surface area contributed by atoms with E-state index in [-0.39, 0.29) is 11.7 Å². The monoisotopic (exact) mass is 376 g/mol. The van der Waals surface area contributed by atoms with E-state index in [0.717, 1.165) is 15.6 Å². The summed E-state index contributed by atoms with van der Waals surface area (Å²) >= 11 is 2.61. The van der Waals surface area contributed by atoms with E-state index in [4.69, 9.17) is 0 Å². The second-order valence-electron chi connectivity index (χ2n) is 5.47. The van der Waals surface area contributed by atoms with Gasteiger partial charge in [0.2, 0.25) is 0 Å². The lowest BCUT2D eigenvalue weighted by atomic mass is 10.1. The molecule has 2 heterocycles. The smallest absolute Gasteiger partial charge is 0.262 e. The van der Waals surface area contributed by atoms with Gasteiger partial charge in [0.25, 0.3) is 5.91 Å². The molecule has 25 heavy (non-hydrogen) atoms. The van der Waals surface area contributed by atoms with Crippen molar-refractivity contribution in [2.75, 3.05) is 17.7 Å². The highest BCUT2D eigenvalue weighted by Gasteiger charge is 2.19. The van der Waals surface area contributed by atoms with Crippen molar-refractivity contribution in [3.05, 3.63) is 57.5 Å². The number of thiazole rings is 1. The molecular weight excluding hydrogens is 359 g/mol. The van der Waals surface area contributed by atoms with Crippen LogP contribution in [0.2, 0.25) is 0 Å². The minimum Gasteiger partial charge on any atom is -0.378 e. The van der Waals surface area contributed by atoms with Crippen LogP contribution in [0.15, 0.2) is 24.3 Å². The van der Waals surface area contributed by atoms with E-state index in [1.54, 1.807) is 26.1 Å². The molecule has 0 aliphatic rings. The summed E-state index contributed by atoms with van der Waals surface area (Å²) in [5, 5.41) is 7.02. The van der Waals surface area contributed by atoms with Crippen molar-refractivity contribution in [1.82, 2.24) is 9.36 Å². The Morgan fingerprint density at radius 2 is 2.00 bits per heavy atom. The third-order valence-electron chi connectivity index (χ3n) is 3.74. The van der Waals surface area contributed by atoms with E-state index in [9.17, 15) is 9.18 Å². The molecule has 0 aliphatic carbocycles. The molecule has 1 aromatic carbocycles. The van der Waals surface area contributed by atoms with E-state index < -0.39 is 0 Å². The lowest BCUT2D eigenvalue weighted by Gasteiger charge is -2.03. The van der Waals surface area contributed by atoms with Gasteiger partial charge in [-0.15, -0.1) is 11.3 Å². The predicted molar refractivity (Wildman–Crippen MR) is 100 cm³/mol. The zero-order valence-electron chi connectivity index (χ0n) is 14.0. The Morgan fingerprint density at radius 1 is 1.24 bits per heavy atom. The lowest BCUT2D eigenvalue weighted by molar-refractivity contribution is 0.102. The van der Waals surface area contributed by atoms with Gasteiger partial charge in [0.1, 0.15) is 10.8 Å². The highest BCUT2D eigenvalue weighted by molar-refractivity contribution is 7.16. The van der Waals surface area contributed by atoms with Gasteiger partial charge in [-0.3, -0.25) is 10.1 Å².